The summed E-state index contributed by atoms with van der Waals surface area (Å²) in [5.41, 5.74) is 1.09. The van der Waals surface area contributed by atoms with Crippen molar-refractivity contribution in [2.45, 2.75) is 19.8 Å². The van der Waals surface area contributed by atoms with Gasteiger partial charge in [-0.1, -0.05) is 31.5 Å². The number of benzene rings is 2. The van der Waals surface area contributed by atoms with Gasteiger partial charge in [0.1, 0.15) is 22.8 Å². The van der Waals surface area contributed by atoms with Crippen LogP contribution in [0.5, 0.6) is 17.2 Å². The molecule has 2 rings (SSSR count). The number of ether oxygens (including phenoxy) is 2. The van der Waals surface area contributed by atoms with Crippen LogP contribution in [0.25, 0.3) is 0 Å². The highest BCUT2D eigenvalue weighted by Crippen LogP contribution is 2.33. The number of rotatable bonds is 5. The lowest BCUT2D eigenvalue weighted by atomic mass is 10.1. The van der Waals surface area contributed by atoms with Crippen LogP contribution in [0, 0.1) is 0 Å². The van der Waals surface area contributed by atoms with Gasteiger partial charge in [-0.25, -0.2) is 4.79 Å². The topological polar surface area (TPSA) is 55.8 Å². The second-order valence-corrected chi connectivity index (χ2v) is 4.59. The van der Waals surface area contributed by atoms with Gasteiger partial charge in [0, 0.05) is 5.56 Å². The SMILES string of the molecule is CCCc1c(O)cccc1Oc1ccccc1C(=O)OC. The molecule has 2 aromatic rings. The number of aromatic hydroxyl groups is 1. The highest BCUT2D eigenvalue weighted by Gasteiger charge is 2.15. The van der Waals surface area contributed by atoms with Gasteiger partial charge in [0.15, 0.2) is 0 Å². The van der Waals surface area contributed by atoms with E-state index in [0.29, 0.717) is 23.5 Å². The molecule has 0 amide bonds. The van der Waals surface area contributed by atoms with Crippen molar-refractivity contribution in [1.29, 1.82) is 0 Å². The number of phenols is 1. The van der Waals surface area contributed by atoms with Crippen molar-refractivity contribution < 1.29 is 19.4 Å². The molecule has 0 aliphatic carbocycles. The molecule has 0 radical (unpaired) electrons. The van der Waals surface area contributed by atoms with Crippen LogP contribution in [0.15, 0.2) is 42.5 Å². The number of esters is 1. The number of phenolic OH excluding ortho intramolecular Hbond substituents is 1. The number of para-hydroxylation sites is 1. The standard InChI is InChI=1S/C17H18O4/c1-3-7-12-14(18)9-6-11-15(12)21-16-10-5-4-8-13(16)17(19)20-2/h4-6,8-11,18H,3,7H2,1-2H3. The van der Waals surface area contributed by atoms with Crippen LogP contribution >= 0.6 is 0 Å². The zero-order chi connectivity index (χ0) is 15.2. The Morgan fingerprint density at radius 2 is 1.81 bits per heavy atom. The third kappa shape index (κ3) is 3.34. The van der Waals surface area contributed by atoms with Gasteiger partial charge in [-0.05, 0) is 30.7 Å². The molecule has 0 saturated heterocycles. The van der Waals surface area contributed by atoms with Crippen molar-refractivity contribution in [2.75, 3.05) is 7.11 Å². The maximum absolute atomic E-state index is 11.8. The Morgan fingerprint density at radius 1 is 1.10 bits per heavy atom. The van der Waals surface area contributed by atoms with Gasteiger partial charge in [0.25, 0.3) is 0 Å². The fourth-order valence-electron chi connectivity index (χ4n) is 2.10. The summed E-state index contributed by atoms with van der Waals surface area (Å²) >= 11 is 0. The molecule has 4 heteroatoms. The fraction of sp³-hybridized carbons (Fsp3) is 0.235. The molecule has 1 N–H and O–H groups in total. The number of hydrogen-bond donors (Lipinski definition) is 1. The molecule has 0 bridgehead atoms. The first-order chi connectivity index (χ1) is 10.2. The van der Waals surface area contributed by atoms with Crippen molar-refractivity contribution >= 4 is 5.97 Å². The Morgan fingerprint density at radius 3 is 2.52 bits per heavy atom. The lowest BCUT2D eigenvalue weighted by Crippen LogP contribution is -2.04. The predicted molar refractivity (Wildman–Crippen MR) is 80.0 cm³/mol. The van der Waals surface area contributed by atoms with Crippen molar-refractivity contribution in [3.8, 4) is 17.2 Å². The van der Waals surface area contributed by atoms with Gasteiger partial charge in [-0.3, -0.25) is 0 Å². The van der Waals surface area contributed by atoms with Crippen LogP contribution in [-0.2, 0) is 11.2 Å². The van der Waals surface area contributed by atoms with E-state index in [1.54, 1.807) is 42.5 Å². The largest absolute Gasteiger partial charge is 0.508 e. The monoisotopic (exact) mass is 286 g/mol. The van der Waals surface area contributed by atoms with Crippen molar-refractivity contribution in [3.05, 3.63) is 53.6 Å². The third-order valence-electron chi connectivity index (χ3n) is 3.12. The number of carbonyl (C=O) groups excluding carboxylic acids is 1. The van der Waals surface area contributed by atoms with E-state index in [1.165, 1.54) is 7.11 Å². The Labute approximate surface area is 123 Å². The molecule has 0 spiro atoms. The van der Waals surface area contributed by atoms with Gasteiger partial charge < -0.3 is 14.6 Å². The van der Waals surface area contributed by atoms with E-state index >= 15 is 0 Å². The summed E-state index contributed by atoms with van der Waals surface area (Å²) < 4.78 is 10.6. The Balaban J connectivity index is 2.39. The average molecular weight is 286 g/mol. The molecular weight excluding hydrogens is 268 g/mol. The van der Waals surface area contributed by atoms with Crippen molar-refractivity contribution in [2.24, 2.45) is 0 Å². The first kappa shape index (κ1) is 14.9. The Kier molecular flexibility index (Phi) is 4.82. The summed E-state index contributed by atoms with van der Waals surface area (Å²) in [5.74, 6) is 0.702. The minimum absolute atomic E-state index is 0.199. The molecule has 21 heavy (non-hydrogen) atoms. The number of carbonyl (C=O) groups is 1. The minimum atomic E-state index is -0.456. The smallest absolute Gasteiger partial charge is 0.341 e. The summed E-state index contributed by atoms with van der Waals surface area (Å²) in [7, 11) is 1.33. The molecule has 0 atom stereocenters. The zero-order valence-electron chi connectivity index (χ0n) is 12.1. The summed E-state index contributed by atoms with van der Waals surface area (Å²) in [5, 5.41) is 9.95. The Hall–Kier alpha value is -2.49. The lowest BCUT2D eigenvalue weighted by molar-refractivity contribution is 0.0598. The summed E-state index contributed by atoms with van der Waals surface area (Å²) in [6.45, 7) is 2.03. The quantitative estimate of drug-likeness (QED) is 0.846. The maximum atomic E-state index is 11.8. The Bertz CT molecular complexity index is 634. The lowest BCUT2D eigenvalue weighted by Gasteiger charge is -2.14. The van der Waals surface area contributed by atoms with Gasteiger partial charge >= 0.3 is 5.97 Å². The molecule has 0 aromatic heterocycles. The van der Waals surface area contributed by atoms with Crippen LogP contribution < -0.4 is 4.74 Å². The predicted octanol–water partition coefficient (Wildman–Crippen LogP) is 3.92. The number of methoxy groups -OCH3 is 1. The molecule has 2 aromatic carbocycles. The maximum Gasteiger partial charge on any atom is 0.341 e. The molecule has 0 aliphatic rings. The first-order valence-electron chi connectivity index (χ1n) is 6.83. The molecule has 110 valence electrons. The van der Waals surface area contributed by atoms with E-state index < -0.39 is 5.97 Å². The zero-order valence-corrected chi connectivity index (χ0v) is 12.1. The molecular formula is C17H18O4. The van der Waals surface area contributed by atoms with Crippen molar-refractivity contribution in [1.82, 2.24) is 0 Å². The normalized spacial score (nSPS) is 10.2. The van der Waals surface area contributed by atoms with Crippen LogP contribution in [-0.4, -0.2) is 18.2 Å². The van der Waals surface area contributed by atoms with E-state index in [9.17, 15) is 9.90 Å². The molecule has 0 unspecified atom stereocenters. The number of hydrogen-bond acceptors (Lipinski definition) is 4. The van der Waals surface area contributed by atoms with Gasteiger partial charge in [-0.15, -0.1) is 0 Å². The molecule has 0 saturated carbocycles. The summed E-state index contributed by atoms with van der Waals surface area (Å²) in [4.78, 5) is 11.8. The third-order valence-corrected chi connectivity index (χ3v) is 3.12. The van der Waals surface area contributed by atoms with E-state index in [2.05, 4.69) is 0 Å². The van der Waals surface area contributed by atoms with E-state index in [-0.39, 0.29) is 5.75 Å². The highest BCUT2D eigenvalue weighted by molar-refractivity contribution is 5.92. The molecule has 4 nitrogen and oxygen atoms in total. The van der Waals surface area contributed by atoms with Gasteiger partial charge in [-0.2, -0.15) is 0 Å². The van der Waals surface area contributed by atoms with Crippen LogP contribution in [0.4, 0.5) is 0 Å². The van der Waals surface area contributed by atoms with E-state index in [4.69, 9.17) is 9.47 Å². The minimum Gasteiger partial charge on any atom is -0.508 e. The highest BCUT2D eigenvalue weighted by atomic mass is 16.5. The van der Waals surface area contributed by atoms with E-state index in [0.717, 1.165) is 12.0 Å². The molecule has 0 aliphatic heterocycles. The average Bonchev–Trinajstić information content (AvgIpc) is 2.50. The summed E-state index contributed by atoms with van der Waals surface area (Å²) in [6.07, 6.45) is 1.58. The fourth-order valence-corrected chi connectivity index (χ4v) is 2.10. The summed E-state index contributed by atoms with van der Waals surface area (Å²) in [6, 6.07) is 12.0. The molecule has 0 heterocycles. The van der Waals surface area contributed by atoms with Crippen molar-refractivity contribution in [3.63, 3.8) is 0 Å². The van der Waals surface area contributed by atoms with Gasteiger partial charge in [0.2, 0.25) is 0 Å². The van der Waals surface area contributed by atoms with Crippen LogP contribution in [0.3, 0.4) is 0 Å². The second-order valence-electron chi connectivity index (χ2n) is 4.59. The van der Waals surface area contributed by atoms with E-state index in [1.807, 2.05) is 6.92 Å². The van der Waals surface area contributed by atoms with Gasteiger partial charge in [0.05, 0.1) is 7.11 Å². The first-order valence-corrected chi connectivity index (χ1v) is 6.83. The van der Waals surface area contributed by atoms with Crippen LogP contribution in [0.1, 0.15) is 29.3 Å². The second kappa shape index (κ2) is 6.79. The van der Waals surface area contributed by atoms with Crippen LogP contribution in [0.2, 0.25) is 0 Å². The molecule has 0 fully saturated rings.